The van der Waals surface area contributed by atoms with E-state index in [1.54, 1.807) is 14.2 Å². The van der Waals surface area contributed by atoms with Crippen LogP contribution in [-0.4, -0.2) is 43.4 Å². The van der Waals surface area contributed by atoms with E-state index in [1.165, 1.54) is 12.1 Å². The normalized spacial score (nSPS) is 21.8. The molecule has 0 radical (unpaired) electrons. The molecule has 7 rings (SSSR count). The van der Waals surface area contributed by atoms with Gasteiger partial charge in [-0.25, -0.2) is 0 Å². The molecule has 1 aromatic heterocycles. The molecule has 3 N–H and O–H groups in total. The Morgan fingerprint density at radius 2 is 1.94 bits per heavy atom. The molecule has 182 valence electrons. The fourth-order valence-electron chi connectivity index (χ4n) is 5.74. The summed E-state index contributed by atoms with van der Waals surface area (Å²) in [6.45, 7) is 2.16. The van der Waals surface area contributed by atoms with Crippen molar-refractivity contribution in [1.82, 2.24) is 10.2 Å². The molecule has 1 amide bonds. The van der Waals surface area contributed by atoms with Crippen molar-refractivity contribution in [2.24, 2.45) is 0 Å². The number of aromatic nitrogens is 2. The molecule has 36 heavy (non-hydrogen) atoms. The van der Waals surface area contributed by atoms with Crippen LogP contribution < -0.4 is 25.0 Å². The number of hydrogen-bond donors (Lipinski definition) is 3. The molecule has 8 heteroatoms. The van der Waals surface area contributed by atoms with E-state index in [9.17, 15) is 4.79 Å². The molecule has 1 saturated carbocycles. The second kappa shape index (κ2) is 7.65. The molecule has 2 fully saturated rings. The molecule has 8 nitrogen and oxygen atoms in total. The van der Waals surface area contributed by atoms with Crippen LogP contribution in [0.3, 0.4) is 0 Å². The average Bonchev–Trinajstić information content (AvgIpc) is 3.41. The molecule has 0 bridgehead atoms. The summed E-state index contributed by atoms with van der Waals surface area (Å²) >= 11 is 0. The Kier molecular flexibility index (Phi) is 4.49. The predicted octanol–water partition coefficient (Wildman–Crippen LogP) is 4.91. The van der Waals surface area contributed by atoms with Crippen LogP contribution in [0.25, 0.3) is 10.9 Å². The number of ether oxygens (including phenoxy) is 2. The van der Waals surface area contributed by atoms with E-state index in [0.29, 0.717) is 0 Å². The Hall–Kier alpha value is -4.20. The maximum Gasteiger partial charge on any atom is 0.235 e. The van der Waals surface area contributed by atoms with Crippen molar-refractivity contribution in [3.05, 3.63) is 65.7 Å². The number of nitrogens with one attached hydrogen (secondary N) is 3. The molecule has 1 spiro atoms. The standard InChI is InChI=1S/C28H27N5O3/c1-35-18-6-8-22-20(14-18)28(27(34)30-22)15-21(28)16-4-7-19-23(12-16)31-32-26(19)29-24-13-17(33-10-3-11-33)5-9-25(24)36-2/h4-9,12-14,21H,3,10-11,15H2,1-2H3,(H,30,34)(H2,29,31,32)/t21-,28-/m0/s1. The monoisotopic (exact) mass is 481 g/mol. The van der Waals surface area contributed by atoms with E-state index in [-0.39, 0.29) is 11.8 Å². The maximum absolute atomic E-state index is 13.0. The number of hydrogen-bond acceptors (Lipinski definition) is 6. The van der Waals surface area contributed by atoms with Crippen LogP contribution in [0, 0.1) is 0 Å². The lowest BCUT2D eigenvalue weighted by Crippen LogP contribution is -2.36. The Labute approximate surface area is 208 Å². The molecule has 1 saturated heterocycles. The summed E-state index contributed by atoms with van der Waals surface area (Å²) in [7, 11) is 3.33. The van der Waals surface area contributed by atoms with Crippen LogP contribution in [0.15, 0.2) is 54.6 Å². The van der Waals surface area contributed by atoms with Crippen LogP contribution in [0.4, 0.5) is 22.9 Å². The number of methoxy groups -OCH3 is 2. The largest absolute Gasteiger partial charge is 0.497 e. The third-order valence-corrected chi connectivity index (χ3v) is 7.97. The highest BCUT2D eigenvalue weighted by Gasteiger charge is 2.65. The summed E-state index contributed by atoms with van der Waals surface area (Å²) in [6, 6.07) is 18.3. The van der Waals surface area contributed by atoms with Gasteiger partial charge >= 0.3 is 0 Å². The fraction of sp³-hybridized carbons (Fsp3) is 0.286. The number of carbonyl (C=O) groups excluding carboxylic acids is 1. The first-order valence-corrected chi connectivity index (χ1v) is 12.3. The van der Waals surface area contributed by atoms with Gasteiger partial charge in [0.1, 0.15) is 11.5 Å². The van der Waals surface area contributed by atoms with Crippen molar-refractivity contribution in [2.75, 3.05) is 42.8 Å². The van der Waals surface area contributed by atoms with Gasteiger partial charge in [-0.05, 0) is 72.5 Å². The maximum atomic E-state index is 13.0. The van der Waals surface area contributed by atoms with Gasteiger partial charge in [-0.15, -0.1) is 0 Å². The van der Waals surface area contributed by atoms with E-state index < -0.39 is 5.41 Å². The second-order valence-corrected chi connectivity index (χ2v) is 9.82. The molecule has 3 heterocycles. The average molecular weight is 482 g/mol. The lowest BCUT2D eigenvalue weighted by molar-refractivity contribution is -0.118. The number of carbonyl (C=O) groups is 1. The lowest BCUT2D eigenvalue weighted by atomic mass is 9.91. The fourth-order valence-corrected chi connectivity index (χ4v) is 5.74. The van der Waals surface area contributed by atoms with E-state index in [0.717, 1.165) is 70.2 Å². The third-order valence-electron chi connectivity index (χ3n) is 7.97. The molecule has 1 aliphatic carbocycles. The van der Waals surface area contributed by atoms with Gasteiger partial charge in [-0.1, -0.05) is 6.07 Å². The summed E-state index contributed by atoms with van der Waals surface area (Å²) in [5.41, 5.74) is 5.50. The van der Waals surface area contributed by atoms with Gasteiger partial charge in [-0.2, -0.15) is 5.10 Å². The molecular formula is C28H27N5O3. The molecule has 3 aromatic carbocycles. The van der Waals surface area contributed by atoms with Gasteiger partial charge in [0.25, 0.3) is 0 Å². The van der Waals surface area contributed by atoms with Crippen molar-refractivity contribution < 1.29 is 14.3 Å². The Balaban J connectivity index is 1.19. The first-order valence-electron chi connectivity index (χ1n) is 12.3. The van der Waals surface area contributed by atoms with Gasteiger partial charge in [0.15, 0.2) is 5.82 Å². The van der Waals surface area contributed by atoms with Crippen LogP contribution in [-0.2, 0) is 10.2 Å². The van der Waals surface area contributed by atoms with Crippen LogP contribution in [0.1, 0.15) is 29.9 Å². The number of nitrogens with zero attached hydrogens (tertiary/aromatic N) is 2. The number of anilines is 4. The first kappa shape index (κ1) is 21.1. The molecule has 4 aromatic rings. The number of H-pyrrole nitrogens is 1. The number of aromatic amines is 1. The van der Waals surface area contributed by atoms with Crippen LogP contribution in [0.5, 0.6) is 11.5 Å². The molecule has 2 aliphatic heterocycles. The number of rotatable bonds is 6. The predicted molar refractivity (Wildman–Crippen MR) is 140 cm³/mol. The van der Waals surface area contributed by atoms with Crippen molar-refractivity contribution in [2.45, 2.75) is 24.2 Å². The van der Waals surface area contributed by atoms with Gasteiger partial charge in [-0.3, -0.25) is 9.89 Å². The van der Waals surface area contributed by atoms with Crippen LogP contribution in [0.2, 0.25) is 0 Å². The van der Waals surface area contributed by atoms with Crippen molar-refractivity contribution in [1.29, 1.82) is 0 Å². The highest BCUT2D eigenvalue weighted by molar-refractivity contribution is 6.10. The smallest absolute Gasteiger partial charge is 0.235 e. The van der Waals surface area contributed by atoms with E-state index >= 15 is 0 Å². The minimum atomic E-state index is -0.524. The number of amides is 1. The van der Waals surface area contributed by atoms with Gasteiger partial charge in [0.2, 0.25) is 5.91 Å². The summed E-state index contributed by atoms with van der Waals surface area (Å²) in [6.07, 6.45) is 2.01. The minimum absolute atomic E-state index is 0.0667. The zero-order chi connectivity index (χ0) is 24.4. The first-order chi connectivity index (χ1) is 17.6. The van der Waals surface area contributed by atoms with Gasteiger partial charge in [0, 0.05) is 35.8 Å². The molecule has 2 atom stereocenters. The minimum Gasteiger partial charge on any atom is -0.497 e. The Bertz CT molecular complexity index is 1530. The molecule has 3 aliphatic rings. The zero-order valence-electron chi connectivity index (χ0n) is 20.2. The number of fused-ring (bicyclic) bond motifs is 3. The highest BCUT2D eigenvalue weighted by atomic mass is 16.5. The summed E-state index contributed by atoms with van der Waals surface area (Å²) in [5, 5.41) is 15.2. The lowest BCUT2D eigenvalue weighted by Gasteiger charge is -2.33. The number of benzene rings is 3. The SMILES string of the molecule is COc1ccc2c(c1)[C@]1(C[C@H]1c1ccc3c(Nc4cc(N5CCC5)ccc4OC)n[nH]c3c1)C(=O)N2. The Morgan fingerprint density at radius 3 is 2.72 bits per heavy atom. The van der Waals surface area contributed by atoms with Gasteiger partial charge in [0.05, 0.1) is 30.8 Å². The van der Waals surface area contributed by atoms with Crippen LogP contribution >= 0.6 is 0 Å². The molecule has 0 unspecified atom stereocenters. The summed E-state index contributed by atoms with van der Waals surface area (Å²) in [4.78, 5) is 15.4. The second-order valence-electron chi connectivity index (χ2n) is 9.82. The topological polar surface area (TPSA) is 91.5 Å². The Morgan fingerprint density at radius 1 is 1.06 bits per heavy atom. The van der Waals surface area contributed by atoms with E-state index in [2.05, 4.69) is 56.1 Å². The zero-order valence-corrected chi connectivity index (χ0v) is 20.2. The third kappa shape index (κ3) is 3.00. The van der Waals surface area contributed by atoms with E-state index in [4.69, 9.17) is 9.47 Å². The summed E-state index contributed by atoms with van der Waals surface area (Å²) < 4.78 is 11.0. The van der Waals surface area contributed by atoms with Gasteiger partial charge < -0.3 is 25.0 Å². The van der Waals surface area contributed by atoms with Crippen molar-refractivity contribution >= 4 is 39.7 Å². The van der Waals surface area contributed by atoms with Crippen molar-refractivity contribution in [3.8, 4) is 11.5 Å². The van der Waals surface area contributed by atoms with E-state index in [1.807, 2.05) is 24.3 Å². The van der Waals surface area contributed by atoms with Crippen molar-refractivity contribution in [3.63, 3.8) is 0 Å². The summed E-state index contributed by atoms with van der Waals surface area (Å²) in [5.74, 6) is 2.46. The highest BCUT2D eigenvalue weighted by Crippen LogP contribution is 2.65. The quantitative estimate of drug-likeness (QED) is 0.362. The molecular weight excluding hydrogens is 454 g/mol.